The van der Waals surface area contributed by atoms with Gasteiger partial charge in [0.1, 0.15) is 0 Å². The fraction of sp³-hybridized carbons (Fsp3) is 0.833. The van der Waals surface area contributed by atoms with E-state index in [1.54, 1.807) is 0 Å². The Hall–Kier alpha value is -0.340. The molecule has 0 amide bonds. The molecule has 1 rings (SSSR count). The zero-order chi connectivity index (χ0) is 10.1. The van der Waals surface area contributed by atoms with E-state index < -0.39 is 0 Å². The number of hydrogen-bond acceptors (Lipinski definition) is 2. The predicted octanol–water partition coefficient (Wildman–Crippen LogP) is 2.50. The smallest absolute Gasteiger partial charge is 0.0579 e. The minimum atomic E-state index is 0.549. The first kappa shape index (κ1) is 11.7. The molecule has 2 nitrogen and oxygen atoms in total. The van der Waals surface area contributed by atoms with Crippen molar-refractivity contribution in [2.24, 2.45) is 0 Å². The number of rotatable bonds is 7. The zero-order valence-electron chi connectivity index (χ0n) is 9.30. The molecule has 1 heterocycles. The maximum Gasteiger partial charge on any atom is 0.0579 e. The van der Waals surface area contributed by atoms with Crippen LogP contribution in [0.2, 0.25) is 0 Å². The van der Waals surface area contributed by atoms with Gasteiger partial charge in [0, 0.05) is 6.61 Å². The third kappa shape index (κ3) is 5.40. The van der Waals surface area contributed by atoms with Crippen LogP contribution in [-0.2, 0) is 4.74 Å². The molecule has 0 aliphatic carbocycles. The van der Waals surface area contributed by atoms with Crippen LogP contribution >= 0.6 is 0 Å². The molecule has 0 radical (unpaired) electrons. The summed E-state index contributed by atoms with van der Waals surface area (Å²) in [5.74, 6) is 0. The number of allylic oxidation sites excluding steroid dienone is 1. The Morgan fingerprint density at radius 2 is 2.21 bits per heavy atom. The number of nitrogens with one attached hydrogen (secondary N) is 1. The Morgan fingerprint density at radius 3 is 2.93 bits per heavy atom. The van der Waals surface area contributed by atoms with E-state index in [1.807, 2.05) is 0 Å². The molecule has 0 aromatic heterocycles. The molecule has 1 aliphatic rings. The average molecular weight is 197 g/mol. The number of hydrogen-bond donors (Lipinski definition) is 1. The second-order valence-corrected chi connectivity index (χ2v) is 3.83. The summed E-state index contributed by atoms with van der Waals surface area (Å²) in [7, 11) is 0. The Morgan fingerprint density at radius 1 is 1.36 bits per heavy atom. The van der Waals surface area contributed by atoms with Gasteiger partial charge in [-0.05, 0) is 45.2 Å². The maximum atomic E-state index is 5.55. The monoisotopic (exact) mass is 197 g/mol. The molecule has 0 spiro atoms. The lowest BCUT2D eigenvalue weighted by Crippen LogP contribution is -2.12. The summed E-state index contributed by atoms with van der Waals surface area (Å²) in [6.45, 7) is 5.30. The molecule has 0 aromatic rings. The van der Waals surface area contributed by atoms with E-state index in [1.165, 1.54) is 25.7 Å². The SMILES string of the molecule is CCNCCC=CCCC1CCCO1. The van der Waals surface area contributed by atoms with Gasteiger partial charge in [0.15, 0.2) is 0 Å². The van der Waals surface area contributed by atoms with Crippen LogP contribution in [0.4, 0.5) is 0 Å². The first-order valence-electron chi connectivity index (χ1n) is 5.90. The van der Waals surface area contributed by atoms with Gasteiger partial charge >= 0.3 is 0 Å². The van der Waals surface area contributed by atoms with Crippen molar-refractivity contribution in [1.82, 2.24) is 5.32 Å². The van der Waals surface area contributed by atoms with Gasteiger partial charge in [-0.25, -0.2) is 0 Å². The molecule has 14 heavy (non-hydrogen) atoms. The van der Waals surface area contributed by atoms with Crippen molar-refractivity contribution in [2.75, 3.05) is 19.7 Å². The van der Waals surface area contributed by atoms with Crippen LogP contribution in [0.25, 0.3) is 0 Å². The van der Waals surface area contributed by atoms with Crippen molar-refractivity contribution in [1.29, 1.82) is 0 Å². The summed E-state index contributed by atoms with van der Waals surface area (Å²) >= 11 is 0. The van der Waals surface area contributed by atoms with Crippen LogP contribution in [0.15, 0.2) is 12.2 Å². The first-order valence-corrected chi connectivity index (χ1v) is 5.90. The second kappa shape index (κ2) is 8.01. The Kier molecular flexibility index (Phi) is 6.71. The van der Waals surface area contributed by atoms with E-state index >= 15 is 0 Å². The lowest BCUT2D eigenvalue weighted by atomic mass is 10.1. The Bertz CT molecular complexity index is 150. The highest BCUT2D eigenvalue weighted by Gasteiger charge is 2.13. The van der Waals surface area contributed by atoms with E-state index in [0.717, 1.165) is 26.1 Å². The van der Waals surface area contributed by atoms with Gasteiger partial charge in [0.25, 0.3) is 0 Å². The van der Waals surface area contributed by atoms with Gasteiger partial charge in [0.2, 0.25) is 0 Å². The van der Waals surface area contributed by atoms with Crippen molar-refractivity contribution in [3.63, 3.8) is 0 Å². The summed E-state index contributed by atoms with van der Waals surface area (Å²) < 4.78 is 5.55. The van der Waals surface area contributed by atoms with E-state index in [4.69, 9.17) is 4.74 Å². The lowest BCUT2D eigenvalue weighted by Gasteiger charge is -2.05. The fourth-order valence-electron chi connectivity index (χ4n) is 1.75. The molecule has 1 fully saturated rings. The van der Waals surface area contributed by atoms with Gasteiger partial charge in [-0.15, -0.1) is 0 Å². The van der Waals surface area contributed by atoms with Gasteiger partial charge in [0.05, 0.1) is 6.10 Å². The zero-order valence-corrected chi connectivity index (χ0v) is 9.30. The molecule has 1 atom stereocenters. The van der Waals surface area contributed by atoms with Crippen molar-refractivity contribution in [3.05, 3.63) is 12.2 Å². The van der Waals surface area contributed by atoms with E-state index in [-0.39, 0.29) is 0 Å². The van der Waals surface area contributed by atoms with Crippen LogP contribution in [0.1, 0.15) is 39.0 Å². The third-order valence-electron chi connectivity index (χ3n) is 2.58. The minimum absolute atomic E-state index is 0.549. The van der Waals surface area contributed by atoms with Gasteiger partial charge in [-0.2, -0.15) is 0 Å². The van der Waals surface area contributed by atoms with Gasteiger partial charge in [-0.3, -0.25) is 0 Å². The second-order valence-electron chi connectivity index (χ2n) is 3.83. The first-order chi connectivity index (χ1) is 6.93. The summed E-state index contributed by atoms with van der Waals surface area (Å²) in [4.78, 5) is 0. The summed E-state index contributed by atoms with van der Waals surface area (Å²) in [6.07, 6.45) is 11.2. The standard InChI is InChI=1S/C12H23NO/c1-2-13-10-6-4-3-5-8-12-9-7-11-14-12/h3-4,12-13H,2,5-11H2,1H3. The van der Waals surface area contributed by atoms with Crippen molar-refractivity contribution >= 4 is 0 Å². The summed E-state index contributed by atoms with van der Waals surface area (Å²) in [5.41, 5.74) is 0. The lowest BCUT2D eigenvalue weighted by molar-refractivity contribution is 0.105. The van der Waals surface area contributed by atoms with E-state index in [9.17, 15) is 0 Å². The van der Waals surface area contributed by atoms with Crippen LogP contribution in [0.3, 0.4) is 0 Å². The van der Waals surface area contributed by atoms with Crippen LogP contribution in [-0.4, -0.2) is 25.8 Å². The maximum absolute atomic E-state index is 5.55. The van der Waals surface area contributed by atoms with E-state index in [0.29, 0.717) is 6.10 Å². The average Bonchev–Trinajstić information content (AvgIpc) is 2.69. The highest BCUT2D eigenvalue weighted by Crippen LogP contribution is 2.16. The summed E-state index contributed by atoms with van der Waals surface area (Å²) in [5, 5.41) is 3.30. The Balaban J connectivity index is 1.87. The molecule has 0 aromatic carbocycles. The molecule has 1 unspecified atom stereocenters. The molecule has 82 valence electrons. The molecule has 1 saturated heterocycles. The van der Waals surface area contributed by atoms with Crippen LogP contribution in [0, 0.1) is 0 Å². The van der Waals surface area contributed by atoms with Crippen LogP contribution < -0.4 is 5.32 Å². The summed E-state index contributed by atoms with van der Waals surface area (Å²) in [6, 6.07) is 0. The number of ether oxygens (including phenoxy) is 1. The molecule has 1 aliphatic heterocycles. The van der Waals surface area contributed by atoms with Crippen LogP contribution in [0.5, 0.6) is 0 Å². The largest absolute Gasteiger partial charge is 0.378 e. The van der Waals surface area contributed by atoms with Gasteiger partial charge in [-0.1, -0.05) is 19.1 Å². The molecule has 0 bridgehead atoms. The molecule has 0 saturated carbocycles. The fourth-order valence-corrected chi connectivity index (χ4v) is 1.75. The highest BCUT2D eigenvalue weighted by atomic mass is 16.5. The predicted molar refractivity (Wildman–Crippen MR) is 60.5 cm³/mol. The minimum Gasteiger partial charge on any atom is -0.378 e. The third-order valence-corrected chi connectivity index (χ3v) is 2.58. The normalized spacial score (nSPS) is 22.2. The van der Waals surface area contributed by atoms with Gasteiger partial charge < -0.3 is 10.1 Å². The molecule has 2 heteroatoms. The van der Waals surface area contributed by atoms with E-state index in [2.05, 4.69) is 24.4 Å². The topological polar surface area (TPSA) is 21.3 Å². The molecule has 1 N–H and O–H groups in total. The quantitative estimate of drug-likeness (QED) is 0.500. The molecular weight excluding hydrogens is 174 g/mol. The van der Waals surface area contributed by atoms with Crippen molar-refractivity contribution in [3.8, 4) is 0 Å². The van der Waals surface area contributed by atoms with Crippen molar-refractivity contribution in [2.45, 2.75) is 45.1 Å². The van der Waals surface area contributed by atoms with Crippen molar-refractivity contribution < 1.29 is 4.74 Å². The molecular formula is C12H23NO. The highest BCUT2D eigenvalue weighted by molar-refractivity contribution is 4.83. The Labute approximate surface area is 87.7 Å².